The van der Waals surface area contributed by atoms with Crippen molar-refractivity contribution in [3.05, 3.63) is 29.3 Å². The Morgan fingerprint density at radius 1 is 1.64 bits per heavy atom. The first-order valence-electron chi connectivity index (χ1n) is 4.67. The van der Waals surface area contributed by atoms with Gasteiger partial charge in [0.05, 0.1) is 0 Å². The predicted octanol–water partition coefficient (Wildman–Crippen LogP) is 0.710. The molecule has 3 nitrogen and oxygen atoms in total. The molecule has 0 aromatic carbocycles. The molecular weight excluding hydrogens is 183 g/mol. The van der Waals surface area contributed by atoms with Gasteiger partial charge in [-0.3, -0.25) is 0 Å². The van der Waals surface area contributed by atoms with Gasteiger partial charge in [-0.05, 0) is 31.5 Å². The van der Waals surface area contributed by atoms with Crippen molar-refractivity contribution in [1.82, 2.24) is 10.3 Å². The van der Waals surface area contributed by atoms with Crippen LogP contribution in [-0.2, 0) is 5.60 Å². The van der Waals surface area contributed by atoms with Gasteiger partial charge in [-0.15, -0.1) is 0 Å². The number of aromatic nitrogens is 1. The van der Waals surface area contributed by atoms with E-state index < -0.39 is 11.5 Å². The molecule has 2 N–H and O–H groups in total. The van der Waals surface area contributed by atoms with Gasteiger partial charge in [0.25, 0.3) is 0 Å². The summed E-state index contributed by atoms with van der Waals surface area (Å²) in [6, 6.07) is 1.35. The molecule has 1 atom stereocenters. The fourth-order valence-corrected chi connectivity index (χ4v) is 1.92. The lowest BCUT2D eigenvalue weighted by atomic mass is 9.91. The molecule has 2 heterocycles. The van der Waals surface area contributed by atoms with E-state index in [0.717, 1.165) is 17.7 Å². The Bertz CT molecular complexity index is 348. The molecule has 1 aromatic heterocycles. The maximum atomic E-state index is 12.8. The highest BCUT2D eigenvalue weighted by Gasteiger charge is 2.34. The topological polar surface area (TPSA) is 45.2 Å². The van der Waals surface area contributed by atoms with Crippen molar-refractivity contribution in [3.63, 3.8) is 0 Å². The molecular formula is C10H13FN2O. The van der Waals surface area contributed by atoms with Gasteiger partial charge in [-0.25, -0.2) is 4.98 Å². The van der Waals surface area contributed by atoms with Crippen LogP contribution in [0.2, 0.25) is 0 Å². The summed E-state index contributed by atoms with van der Waals surface area (Å²) in [4.78, 5) is 3.58. The smallest absolute Gasteiger partial charge is 0.213 e. The van der Waals surface area contributed by atoms with Crippen LogP contribution in [0, 0.1) is 12.9 Å². The van der Waals surface area contributed by atoms with Crippen LogP contribution in [0.1, 0.15) is 17.5 Å². The fraction of sp³-hybridized carbons (Fsp3) is 0.500. The minimum Gasteiger partial charge on any atom is -0.384 e. The van der Waals surface area contributed by atoms with Crippen LogP contribution in [0.3, 0.4) is 0 Å². The largest absolute Gasteiger partial charge is 0.384 e. The van der Waals surface area contributed by atoms with Crippen LogP contribution in [-0.4, -0.2) is 23.2 Å². The van der Waals surface area contributed by atoms with E-state index in [4.69, 9.17) is 0 Å². The first-order chi connectivity index (χ1) is 6.62. The third kappa shape index (κ3) is 1.51. The monoisotopic (exact) mass is 196 g/mol. The SMILES string of the molecule is Cc1cc(F)ncc1C1(O)CCNC1. The number of nitrogens with one attached hydrogen (secondary N) is 1. The van der Waals surface area contributed by atoms with Crippen molar-refractivity contribution >= 4 is 0 Å². The average molecular weight is 196 g/mol. The Balaban J connectivity index is 2.40. The Kier molecular flexibility index (Phi) is 2.25. The highest BCUT2D eigenvalue weighted by atomic mass is 19.1. The molecule has 1 aliphatic heterocycles. The van der Waals surface area contributed by atoms with Crippen LogP contribution in [0.15, 0.2) is 12.3 Å². The van der Waals surface area contributed by atoms with E-state index in [9.17, 15) is 9.50 Å². The molecule has 1 saturated heterocycles. The molecule has 0 saturated carbocycles. The van der Waals surface area contributed by atoms with E-state index in [1.165, 1.54) is 12.3 Å². The van der Waals surface area contributed by atoms with Gasteiger partial charge < -0.3 is 10.4 Å². The molecule has 2 rings (SSSR count). The summed E-state index contributed by atoms with van der Waals surface area (Å²) < 4.78 is 12.8. The molecule has 0 amide bonds. The average Bonchev–Trinajstić information content (AvgIpc) is 2.52. The molecule has 0 bridgehead atoms. The zero-order valence-corrected chi connectivity index (χ0v) is 8.05. The van der Waals surface area contributed by atoms with E-state index in [0.29, 0.717) is 13.0 Å². The van der Waals surface area contributed by atoms with Crippen molar-refractivity contribution in [2.45, 2.75) is 18.9 Å². The molecule has 1 unspecified atom stereocenters. The Morgan fingerprint density at radius 3 is 3.00 bits per heavy atom. The van der Waals surface area contributed by atoms with Crippen LogP contribution >= 0.6 is 0 Å². The Morgan fingerprint density at radius 2 is 2.43 bits per heavy atom. The molecule has 1 aliphatic rings. The van der Waals surface area contributed by atoms with Crippen LogP contribution in [0.4, 0.5) is 4.39 Å². The van der Waals surface area contributed by atoms with Gasteiger partial charge >= 0.3 is 0 Å². The number of aliphatic hydroxyl groups is 1. The first-order valence-corrected chi connectivity index (χ1v) is 4.67. The Hall–Kier alpha value is -1.00. The standard InChI is InChI=1S/C10H13FN2O/c1-7-4-9(11)13-5-8(7)10(14)2-3-12-6-10/h4-5,12,14H,2-3,6H2,1H3. The van der Waals surface area contributed by atoms with Crippen molar-refractivity contribution in [2.75, 3.05) is 13.1 Å². The van der Waals surface area contributed by atoms with Gasteiger partial charge in [0.2, 0.25) is 5.95 Å². The molecule has 0 spiro atoms. The maximum Gasteiger partial charge on any atom is 0.213 e. The molecule has 1 aromatic rings. The van der Waals surface area contributed by atoms with Crippen LogP contribution < -0.4 is 5.32 Å². The summed E-state index contributed by atoms with van der Waals surface area (Å²) in [6.07, 6.45) is 2.08. The number of hydrogen-bond donors (Lipinski definition) is 2. The van der Waals surface area contributed by atoms with Gasteiger partial charge in [0.1, 0.15) is 5.60 Å². The van der Waals surface area contributed by atoms with E-state index >= 15 is 0 Å². The summed E-state index contributed by atoms with van der Waals surface area (Å²) in [5.41, 5.74) is 0.609. The second-order valence-corrected chi connectivity index (χ2v) is 3.78. The maximum absolute atomic E-state index is 12.8. The molecule has 14 heavy (non-hydrogen) atoms. The summed E-state index contributed by atoms with van der Waals surface area (Å²) >= 11 is 0. The van der Waals surface area contributed by atoms with E-state index in [1.807, 2.05) is 0 Å². The van der Waals surface area contributed by atoms with Gasteiger partial charge in [-0.2, -0.15) is 4.39 Å². The van der Waals surface area contributed by atoms with Gasteiger partial charge in [0, 0.05) is 18.3 Å². The normalized spacial score (nSPS) is 26.8. The van der Waals surface area contributed by atoms with E-state index in [-0.39, 0.29) is 0 Å². The summed E-state index contributed by atoms with van der Waals surface area (Å²) in [5, 5.41) is 13.3. The molecule has 1 fully saturated rings. The molecule has 4 heteroatoms. The second kappa shape index (κ2) is 3.29. The number of rotatable bonds is 1. The molecule has 0 radical (unpaired) electrons. The zero-order valence-electron chi connectivity index (χ0n) is 8.05. The third-order valence-corrected chi connectivity index (χ3v) is 2.71. The van der Waals surface area contributed by atoms with Gasteiger partial charge in [0.15, 0.2) is 0 Å². The van der Waals surface area contributed by atoms with Gasteiger partial charge in [-0.1, -0.05) is 0 Å². The van der Waals surface area contributed by atoms with Crippen molar-refractivity contribution in [1.29, 1.82) is 0 Å². The molecule has 76 valence electrons. The number of hydrogen-bond acceptors (Lipinski definition) is 3. The number of halogens is 1. The number of nitrogens with zero attached hydrogens (tertiary/aromatic N) is 1. The fourth-order valence-electron chi connectivity index (χ4n) is 1.92. The number of aryl methyl sites for hydroxylation is 1. The Labute approximate surface area is 82.0 Å². The number of β-amino-alcohol motifs (C(OH)–C–C–N with tert-alkyl or cyclic N) is 1. The van der Waals surface area contributed by atoms with Crippen molar-refractivity contribution in [3.8, 4) is 0 Å². The minimum absolute atomic E-state index is 0.499. The van der Waals surface area contributed by atoms with Crippen molar-refractivity contribution < 1.29 is 9.50 Å². The van der Waals surface area contributed by atoms with Crippen molar-refractivity contribution in [2.24, 2.45) is 0 Å². The summed E-state index contributed by atoms with van der Waals surface area (Å²) in [6.45, 7) is 3.09. The third-order valence-electron chi connectivity index (χ3n) is 2.71. The lowest BCUT2D eigenvalue weighted by molar-refractivity contribution is 0.0576. The summed E-state index contributed by atoms with van der Waals surface area (Å²) in [5.74, 6) is -0.499. The molecule has 0 aliphatic carbocycles. The quantitative estimate of drug-likeness (QED) is 0.650. The van der Waals surface area contributed by atoms with Crippen LogP contribution in [0.5, 0.6) is 0 Å². The minimum atomic E-state index is -0.870. The zero-order chi connectivity index (χ0) is 10.2. The van der Waals surface area contributed by atoms with E-state index in [1.54, 1.807) is 6.92 Å². The lowest BCUT2D eigenvalue weighted by Gasteiger charge is -2.23. The summed E-state index contributed by atoms with van der Waals surface area (Å²) in [7, 11) is 0. The lowest BCUT2D eigenvalue weighted by Crippen LogP contribution is -2.29. The first kappa shape index (κ1) is 9.55. The predicted molar refractivity (Wildman–Crippen MR) is 50.3 cm³/mol. The number of pyridine rings is 1. The highest BCUT2D eigenvalue weighted by molar-refractivity contribution is 5.29. The van der Waals surface area contributed by atoms with E-state index in [2.05, 4.69) is 10.3 Å². The van der Waals surface area contributed by atoms with Crippen LogP contribution in [0.25, 0.3) is 0 Å². The second-order valence-electron chi connectivity index (χ2n) is 3.78. The highest BCUT2D eigenvalue weighted by Crippen LogP contribution is 2.29.